The molecule has 0 heterocycles. The lowest BCUT2D eigenvalue weighted by atomic mass is 9.90. The van der Waals surface area contributed by atoms with Crippen LogP contribution in [0.1, 0.15) is 48.2 Å². The molecule has 1 aromatic rings. The molecule has 0 radical (unpaired) electrons. The summed E-state index contributed by atoms with van der Waals surface area (Å²) in [5, 5.41) is 0. The van der Waals surface area contributed by atoms with E-state index in [1.807, 2.05) is 12.1 Å². The van der Waals surface area contributed by atoms with E-state index in [1.54, 1.807) is 19.9 Å². The lowest BCUT2D eigenvalue weighted by molar-refractivity contribution is -0.150. The molecule has 2 rings (SSSR count). The summed E-state index contributed by atoms with van der Waals surface area (Å²) in [6.07, 6.45) is 4.24. The molecule has 0 aliphatic heterocycles. The van der Waals surface area contributed by atoms with Crippen LogP contribution in [-0.2, 0) is 27.1 Å². The number of carbonyl (C=O) groups excluding carboxylic acids is 2. The molecule has 1 aliphatic rings. The molecule has 108 valence electrons. The number of fused-ring (bicyclic) bond motifs is 1. The Balaban J connectivity index is 1.94. The average Bonchev–Trinajstić information content (AvgIpc) is 2.43. The zero-order valence-corrected chi connectivity index (χ0v) is 12.0. The molecule has 0 atom stereocenters. The highest BCUT2D eigenvalue weighted by Crippen LogP contribution is 2.22. The second kappa shape index (κ2) is 6.55. The van der Waals surface area contributed by atoms with Gasteiger partial charge in [0.25, 0.3) is 0 Å². The Hall–Kier alpha value is -1.84. The third kappa shape index (κ3) is 3.83. The van der Waals surface area contributed by atoms with E-state index in [0.29, 0.717) is 5.56 Å². The Bertz CT molecular complexity index is 505. The molecule has 4 nitrogen and oxygen atoms in total. The Kier molecular flexibility index (Phi) is 4.77. The van der Waals surface area contributed by atoms with Crippen molar-refractivity contribution in [2.24, 2.45) is 0 Å². The van der Waals surface area contributed by atoms with Gasteiger partial charge in [-0.2, -0.15) is 0 Å². The van der Waals surface area contributed by atoms with Crippen LogP contribution < -0.4 is 0 Å². The van der Waals surface area contributed by atoms with Crippen molar-refractivity contribution in [3.05, 3.63) is 34.9 Å². The lowest BCUT2D eigenvalue weighted by Crippen LogP contribution is -2.19. The van der Waals surface area contributed by atoms with Gasteiger partial charge < -0.3 is 9.47 Å². The van der Waals surface area contributed by atoms with Gasteiger partial charge in [-0.25, -0.2) is 9.59 Å². The first kappa shape index (κ1) is 14.6. The highest BCUT2D eigenvalue weighted by molar-refractivity contribution is 5.91. The number of benzene rings is 1. The summed E-state index contributed by atoms with van der Waals surface area (Å²) < 4.78 is 9.88. The number of carbonyl (C=O) groups is 2. The minimum absolute atomic E-state index is 0.204. The molecule has 20 heavy (non-hydrogen) atoms. The van der Waals surface area contributed by atoms with E-state index in [9.17, 15) is 9.59 Å². The average molecular weight is 276 g/mol. The summed E-state index contributed by atoms with van der Waals surface area (Å²) in [7, 11) is 0. The molecule has 0 N–H and O–H groups in total. The first-order valence-electron chi connectivity index (χ1n) is 7.04. The molecule has 1 aromatic carbocycles. The Morgan fingerprint density at radius 3 is 2.55 bits per heavy atom. The SMILES string of the molecule is CC(C)OC(=O)COC(=O)c1ccc2c(c1)CCCC2. The summed E-state index contributed by atoms with van der Waals surface area (Å²) >= 11 is 0. The minimum atomic E-state index is -0.522. The quantitative estimate of drug-likeness (QED) is 0.793. The van der Waals surface area contributed by atoms with E-state index in [0.717, 1.165) is 19.3 Å². The van der Waals surface area contributed by atoms with Crippen molar-refractivity contribution in [1.29, 1.82) is 0 Å². The van der Waals surface area contributed by atoms with Crippen LogP contribution in [0.2, 0.25) is 0 Å². The Labute approximate surface area is 119 Å². The van der Waals surface area contributed by atoms with Gasteiger partial charge in [-0.3, -0.25) is 0 Å². The summed E-state index contributed by atoms with van der Waals surface area (Å²) in [6.45, 7) is 3.17. The van der Waals surface area contributed by atoms with Crippen LogP contribution in [0.4, 0.5) is 0 Å². The molecule has 0 amide bonds. The second-order valence-electron chi connectivity index (χ2n) is 5.31. The first-order valence-corrected chi connectivity index (χ1v) is 7.04. The molecule has 0 saturated heterocycles. The van der Waals surface area contributed by atoms with Gasteiger partial charge in [0.1, 0.15) is 0 Å². The fraction of sp³-hybridized carbons (Fsp3) is 0.500. The van der Waals surface area contributed by atoms with E-state index in [-0.39, 0.29) is 12.7 Å². The maximum atomic E-state index is 11.9. The van der Waals surface area contributed by atoms with Gasteiger partial charge in [-0.1, -0.05) is 6.07 Å². The number of esters is 2. The minimum Gasteiger partial charge on any atom is -0.460 e. The fourth-order valence-electron chi connectivity index (χ4n) is 2.37. The van der Waals surface area contributed by atoms with E-state index >= 15 is 0 Å². The molecule has 1 aliphatic carbocycles. The number of rotatable bonds is 4. The number of aryl methyl sites for hydroxylation is 2. The number of hydrogen-bond donors (Lipinski definition) is 0. The molecular weight excluding hydrogens is 256 g/mol. The smallest absolute Gasteiger partial charge is 0.344 e. The molecule has 0 aromatic heterocycles. The molecule has 0 saturated carbocycles. The second-order valence-corrected chi connectivity index (χ2v) is 5.31. The van der Waals surface area contributed by atoms with Crippen LogP contribution in [0, 0.1) is 0 Å². The maximum absolute atomic E-state index is 11.9. The van der Waals surface area contributed by atoms with Crippen LogP contribution in [0.25, 0.3) is 0 Å². The van der Waals surface area contributed by atoms with Crippen LogP contribution in [0.15, 0.2) is 18.2 Å². The highest BCUT2D eigenvalue weighted by atomic mass is 16.6. The van der Waals surface area contributed by atoms with Gasteiger partial charge in [0.15, 0.2) is 6.61 Å². The molecule has 0 unspecified atom stereocenters. The summed E-state index contributed by atoms with van der Waals surface area (Å²) in [5.41, 5.74) is 3.03. The van der Waals surface area contributed by atoms with E-state index in [2.05, 4.69) is 0 Å². The van der Waals surface area contributed by atoms with Gasteiger partial charge in [-0.15, -0.1) is 0 Å². The van der Waals surface area contributed by atoms with Crippen molar-refractivity contribution >= 4 is 11.9 Å². The largest absolute Gasteiger partial charge is 0.460 e. The van der Waals surface area contributed by atoms with Gasteiger partial charge in [0.05, 0.1) is 11.7 Å². The summed E-state index contributed by atoms with van der Waals surface area (Å²) in [6, 6.07) is 5.63. The van der Waals surface area contributed by atoms with Crippen molar-refractivity contribution in [1.82, 2.24) is 0 Å². The normalized spacial score (nSPS) is 13.8. The highest BCUT2D eigenvalue weighted by Gasteiger charge is 2.15. The van der Waals surface area contributed by atoms with Crippen LogP contribution >= 0.6 is 0 Å². The van der Waals surface area contributed by atoms with Crippen LogP contribution in [0.5, 0.6) is 0 Å². The van der Waals surface area contributed by atoms with Gasteiger partial charge in [-0.05, 0) is 62.8 Å². The standard InChI is InChI=1S/C16H20O4/c1-11(2)20-15(17)10-19-16(18)14-8-7-12-5-3-4-6-13(12)9-14/h7-9,11H,3-6,10H2,1-2H3. The van der Waals surface area contributed by atoms with Gasteiger partial charge in [0, 0.05) is 0 Å². The summed E-state index contributed by atoms with van der Waals surface area (Å²) in [4.78, 5) is 23.2. The van der Waals surface area contributed by atoms with Crippen molar-refractivity contribution in [3.63, 3.8) is 0 Å². The van der Waals surface area contributed by atoms with Crippen molar-refractivity contribution in [2.45, 2.75) is 45.6 Å². The molecule has 0 bridgehead atoms. The van der Waals surface area contributed by atoms with Crippen molar-refractivity contribution in [3.8, 4) is 0 Å². The Morgan fingerprint density at radius 2 is 1.85 bits per heavy atom. The monoisotopic (exact) mass is 276 g/mol. The predicted octanol–water partition coefficient (Wildman–Crippen LogP) is 2.67. The van der Waals surface area contributed by atoms with E-state index in [1.165, 1.54) is 17.5 Å². The topological polar surface area (TPSA) is 52.6 Å². The fourth-order valence-corrected chi connectivity index (χ4v) is 2.37. The lowest BCUT2D eigenvalue weighted by Gasteiger charge is -2.16. The van der Waals surface area contributed by atoms with Crippen molar-refractivity contribution in [2.75, 3.05) is 6.61 Å². The zero-order chi connectivity index (χ0) is 14.5. The van der Waals surface area contributed by atoms with Crippen molar-refractivity contribution < 1.29 is 19.1 Å². The van der Waals surface area contributed by atoms with Gasteiger partial charge in [0.2, 0.25) is 0 Å². The predicted molar refractivity (Wildman–Crippen MR) is 74.6 cm³/mol. The van der Waals surface area contributed by atoms with E-state index < -0.39 is 11.9 Å². The third-order valence-corrected chi connectivity index (χ3v) is 3.27. The Morgan fingerprint density at radius 1 is 1.15 bits per heavy atom. The molecule has 4 heteroatoms. The summed E-state index contributed by atoms with van der Waals surface area (Å²) in [5.74, 6) is -0.995. The number of hydrogen-bond acceptors (Lipinski definition) is 4. The molecule has 0 spiro atoms. The molecule has 0 fully saturated rings. The van der Waals surface area contributed by atoms with Crippen LogP contribution in [-0.4, -0.2) is 24.6 Å². The van der Waals surface area contributed by atoms with Crippen LogP contribution in [0.3, 0.4) is 0 Å². The third-order valence-electron chi connectivity index (χ3n) is 3.27. The van der Waals surface area contributed by atoms with Gasteiger partial charge >= 0.3 is 11.9 Å². The first-order chi connectivity index (χ1) is 9.56. The zero-order valence-electron chi connectivity index (χ0n) is 12.0. The molecular formula is C16H20O4. The number of ether oxygens (including phenoxy) is 2. The van der Waals surface area contributed by atoms with E-state index in [4.69, 9.17) is 9.47 Å². The maximum Gasteiger partial charge on any atom is 0.344 e.